The Bertz CT molecular complexity index is 436. The lowest BCUT2D eigenvalue weighted by Gasteiger charge is -2.47. The third-order valence-corrected chi connectivity index (χ3v) is 4.35. The predicted octanol–water partition coefficient (Wildman–Crippen LogP) is 1.98. The minimum Gasteiger partial charge on any atom is -0.389 e. The lowest BCUT2D eigenvalue weighted by Crippen LogP contribution is -2.59. The van der Waals surface area contributed by atoms with Gasteiger partial charge in [0.15, 0.2) is 0 Å². The molecule has 1 unspecified atom stereocenters. The van der Waals surface area contributed by atoms with Crippen LogP contribution in [0.15, 0.2) is 30.3 Å². The Labute approximate surface area is 134 Å². The number of piperazine rings is 1. The van der Waals surface area contributed by atoms with Gasteiger partial charge >= 0.3 is 0 Å². The van der Waals surface area contributed by atoms with E-state index in [-0.39, 0.29) is 5.54 Å². The van der Waals surface area contributed by atoms with Gasteiger partial charge in [-0.1, -0.05) is 30.3 Å². The zero-order valence-electron chi connectivity index (χ0n) is 14.2. The topological polar surface area (TPSA) is 35.9 Å². The largest absolute Gasteiger partial charge is 0.389 e. The molecule has 1 aromatic carbocycles. The predicted molar refractivity (Wildman–Crippen MR) is 89.9 cm³/mol. The highest BCUT2D eigenvalue weighted by Crippen LogP contribution is 2.23. The van der Waals surface area contributed by atoms with Gasteiger partial charge in [-0.2, -0.15) is 0 Å². The van der Waals surface area contributed by atoms with Crippen molar-refractivity contribution < 1.29 is 9.84 Å². The molecule has 124 valence electrons. The van der Waals surface area contributed by atoms with E-state index in [0.29, 0.717) is 19.8 Å². The van der Waals surface area contributed by atoms with Crippen LogP contribution in [0.4, 0.5) is 0 Å². The van der Waals surface area contributed by atoms with Crippen LogP contribution in [0.2, 0.25) is 0 Å². The molecule has 1 atom stereocenters. The first-order chi connectivity index (χ1) is 10.5. The highest BCUT2D eigenvalue weighted by atomic mass is 16.5. The van der Waals surface area contributed by atoms with Crippen molar-refractivity contribution in [2.24, 2.45) is 0 Å². The fourth-order valence-corrected chi connectivity index (χ4v) is 3.15. The second-order valence-corrected chi connectivity index (χ2v) is 6.77. The van der Waals surface area contributed by atoms with E-state index in [2.05, 4.69) is 54.0 Å². The maximum absolute atomic E-state index is 10.0. The lowest BCUT2D eigenvalue weighted by molar-refractivity contribution is -0.0243. The van der Waals surface area contributed by atoms with Crippen molar-refractivity contribution in [3.63, 3.8) is 0 Å². The highest BCUT2D eigenvalue weighted by Gasteiger charge is 2.33. The van der Waals surface area contributed by atoms with Gasteiger partial charge in [0.2, 0.25) is 0 Å². The number of aliphatic hydroxyl groups is 1. The van der Waals surface area contributed by atoms with Crippen LogP contribution < -0.4 is 0 Å². The summed E-state index contributed by atoms with van der Waals surface area (Å²) >= 11 is 0. The Hall–Kier alpha value is -0.940. The Kier molecular flexibility index (Phi) is 6.38. The quantitative estimate of drug-likeness (QED) is 0.835. The van der Waals surface area contributed by atoms with Crippen molar-refractivity contribution in [1.82, 2.24) is 9.80 Å². The third-order valence-electron chi connectivity index (χ3n) is 4.35. The average Bonchev–Trinajstić information content (AvgIpc) is 2.48. The minimum absolute atomic E-state index is 0.111. The van der Waals surface area contributed by atoms with E-state index in [1.165, 1.54) is 5.56 Å². The van der Waals surface area contributed by atoms with E-state index < -0.39 is 6.10 Å². The molecule has 0 aromatic heterocycles. The summed E-state index contributed by atoms with van der Waals surface area (Å²) in [5.74, 6) is 0. The van der Waals surface area contributed by atoms with Crippen molar-refractivity contribution in [1.29, 1.82) is 0 Å². The van der Waals surface area contributed by atoms with Gasteiger partial charge in [0.25, 0.3) is 0 Å². The minimum atomic E-state index is -0.392. The SMILES string of the molecule is CCOCC(O)CN1CCN(Cc2ccccc2)C(C)(C)C1. The first-order valence-electron chi connectivity index (χ1n) is 8.28. The van der Waals surface area contributed by atoms with Crippen LogP contribution in [-0.4, -0.2) is 65.9 Å². The molecule has 4 heteroatoms. The number of aliphatic hydroxyl groups excluding tert-OH is 1. The number of benzene rings is 1. The summed E-state index contributed by atoms with van der Waals surface area (Å²) in [6.45, 7) is 12.3. The molecule has 2 rings (SSSR count). The molecule has 22 heavy (non-hydrogen) atoms. The molecule has 0 aliphatic carbocycles. The molecule has 1 aromatic rings. The van der Waals surface area contributed by atoms with Gasteiger partial charge in [0, 0.05) is 44.9 Å². The highest BCUT2D eigenvalue weighted by molar-refractivity contribution is 5.15. The molecule has 1 heterocycles. The number of nitrogens with zero attached hydrogens (tertiary/aromatic N) is 2. The molecule has 4 nitrogen and oxygen atoms in total. The number of β-amino-alcohol motifs (C(OH)–C–C–N with tert-alkyl or cyclic N) is 1. The van der Waals surface area contributed by atoms with Crippen molar-refractivity contribution >= 4 is 0 Å². The Balaban J connectivity index is 1.86. The van der Waals surface area contributed by atoms with Gasteiger partial charge in [-0.25, -0.2) is 0 Å². The number of ether oxygens (including phenoxy) is 1. The molecule has 1 aliphatic rings. The Morgan fingerprint density at radius 1 is 1.23 bits per heavy atom. The molecular formula is C18H30N2O2. The number of hydrogen-bond donors (Lipinski definition) is 1. The first kappa shape index (κ1) is 17.4. The fraction of sp³-hybridized carbons (Fsp3) is 0.667. The van der Waals surface area contributed by atoms with E-state index in [4.69, 9.17) is 4.74 Å². The van der Waals surface area contributed by atoms with Crippen molar-refractivity contribution in [3.8, 4) is 0 Å². The van der Waals surface area contributed by atoms with Crippen LogP contribution in [0, 0.1) is 0 Å². The summed E-state index contributed by atoms with van der Waals surface area (Å²) in [6.07, 6.45) is -0.392. The molecule has 1 saturated heterocycles. The molecule has 1 fully saturated rings. The molecule has 1 aliphatic heterocycles. The molecular weight excluding hydrogens is 276 g/mol. The molecule has 1 N–H and O–H groups in total. The summed E-state index contributed by atoms with van der Waals surface area (Å²) in [5.41, 5.74) is 1.47. The van der Waals surface area contributed by atoms with Crippen LogP contribution in [0.5, 0.6) is 0 Å². The molecule has 0 bridgehead atoms. The van der Waals surface area contributed by atoms with Crippen LogP contribution in [0.1, 0.15) is 26.3 Å². The maximum atomic E-state index is 10.0. The van der Waals surface area contributed by atoms with Crippen molar-refractivity contribution in [3.05, 3.63) is 35.9 Å². The normalized spacial score (nSPS) is 20.9. The monoisotopic (exact) mass is 306 g/mol. The van der Waals surface area contributed by atoms with E-state index in [1.807, 2.05) is 6.92 Å². The Morgan fingerprint density at radius 3 is 2.59 bits per heavy atom. The zero-order chi connectivity index (χ0) is 16.0. The van der Waals surface area contributed by atoms with E-state index >= 15 is 0 Å². The van der Waals surface area contributed by atoms with Gasteiger partial charge in [-0.05, 0) is 26.3 Å². The molecule has 0 amide bonds. The van der Waals surface area contributed by atoms with E-state index in [9.17, 15) is 5.11 Å². The van der Waals surface area contributed by atoms with Crippen LogP contribution in [0.3, 0.4) is 0 Å². The zero-order valence-corrected chi connectivity index (χ0v) is 14.2. The average molecular weight is 306 g/mol. The van der Waals surface area contributed by atoms with Gasteiger partial charge in [-0.3, -0.25) is 9.80 Å². The van der Waals surface area contributed by atoms with E-state index in [1.54, 1.807) is 0 Å². The van der Waals surface area contributed by atoms with Gasteiger partial charge in [0.1, 0.15) is 0 Å². The third kappa shape index (κ3) is 5.06. The van der Waals surface area contributed by atoms with Gasteiger partial charge in [0.05, 0.1) is 12.7 Å². The standard InChI is InChI=1S/C18H30N2O2/c1-4-22-14-17(21)13-19-10-11-20(18(2,3)15-19)12-16-8-6-5-7-9-16/h5-9,17,21H,4,10-15H2,1-3H3. The van der Waals surface area contributed by atoms with Gasteiger partial charge in [-0.15, -0.1) is 0 Å². The molecule has 0 saturated carbocycles. The van der Waals surface area contributed by atoms with Crippen LogP contribution >= 0.6 is 0 Å². The maximum Gasteiger partial charge on any atom is 0.0900 e. The fourth-order valence-electron chi connectivity index (χ4n) is 3.15. The summed E-state index contributed by atoms with van der Waals surface area (Å²) in [5, 5.41) is 10.0. The molecule has 0 radical (unpaired) electrons. The van der Waals surface area contributed by atoms with E-state index in [0.717, 1.165) is 26.2 Å². The second-order valence-electron chi connectivity index (χ2n) is 6.77. The van der Waals surface area contributed by atoms with Crippen molar-refractivity contribution in [2.45, 2.75) is 39.0 Å². The van der Waals surface area contributed by atoms with Crippen LogP contribution in [0.25, 0.3) is 0 Å². The second kappa shape index (κ2) is 8.06. The smallest absolute Gasteiger partial charge is 0.0900 e. The molecule has 0 spiro atoms. The summed E-state index contributed by atoms with van der Waals surface area (Å²) in [7, 11) is 0. The first-order valence-corrected chi connectivity index (χ1v) is 8.28. The summed E-state index contributed by atoms with van der Waals surface area (Å²) < 4.78 is 5.30. The summed E-state index contributed by atoms with van der Waals surface area (Å²) in [6, 6.07) is 10.6. The van der Waals surface area contributed by atoms with Crippen molar-refractivity contribution in [2.75, 3.05) is 39.4 Å². The number of rotatable bonds is 7. The lowest BCUT2D eigenvalue weighted by atomic mass is 9.97. The van der Waals surface area contributed by atoms with Crippen LogP contribution in [-0.2, 0) is 11.3 Å². The van der Waals surface area contributed by atoms with Gasteiger partial charge < -0.3 is 9.84 Å². The summed E-state index contributed by atoms with van der Waals surface area (Å²) in [4.78, 5) is 4.89. The Morgan fingerprint density at radius 2 is 1.95 bits per heavy atom. The number of hydrogen-bond acceptors (Lipinski definition) is 4.